The summed E-state index contributed by atoms with van der Waals surface area (Å²) in [4.78, 5) is 20.9. The first-order chi connectivity index (χ1) is 12.0. The molecule has 1 aliphatic carbocycles. The molecule has 0 spiro atoms. The van der Waals surface area contributed by atoms with Crippen LogP contribution in [0.1, 0.15) is 54.2 Å². The lowest BCUT2D eigenvalue weighted by Crippen LogP contribution is -2.30. The van der Waals surface area contributed by atoms with Gasteiger partial charge in [-0.25, -0.2) is 9.97 Å². The third kappa shape index (κ3) is 4.35. The van der Waals surface area contributed by atoms with Gasteiger partial charge in [0.05, 0.1) is 0 Å². The molecule has 1 aromatic heterocycles. The highest BCUT2D eigenvalue weighted by Gasteiger charge is 2.21. The molecule has 1 heterocycles. The Kier molecular flexibility index (Phi) is 5.31. The topological polar surface area (TPSA) is 66.9 Å². The summed E-state index contributed by atoms with van der Waals surface area (Å²) in [6.07, 6.45) is 6.38. The van der Waals surface area contributed by atoms with Gasteiger partial charge in [0.25, 0.3) is 5.91 Å². The highest BCUT2D eigenvalue weighted by Crippen LogP contribution is 2.26. The van der Waals surface area contributed by atoms with Crippen LogP contribution in [-0.4, -0.2) is 21.9 Å². The van der Waals surface area contributed by atoms with E-state index in [1.165, 1.54) is 31.2 Å². The predicted molar refractivity (Wildman–Crippen MR) is 101 cm³/mol. The molecule has 2 aromatic rings. The number of anilines is 2. The van der Waals surface area contributed by atoms with E-state index in [0.29, 0.717) is 17.7 Å². The molecule has 5 nitrogen and oxygen atoms in total. The molecular formula is C20H26N4O. The number of aromatic nitrogens is 2. The van der Waals surface area contributed by atoms with Gasteiger partial charge < -0.3 is 10.6 Å². The van der Waals surface area contributed by atoms with Crippen LogP contribution in [0.25, 0.3) is 0 Å². The number of aryl methyl sites for hydroxylation is 2. The summed E-state index contributed by atoms with van der Waals surface area (Å²) < 4.78 is 0. The van der Waals surface area contributed by atoms with Gasteiger partial charge in [0.1, 0.15) is 17.8 Å². The first-order valence-electron chi connectivity index (χ1n) is 9.00. The van der Waals surface area contributed by atoms with E-state index in [2.05, 4.69) is 27.5 Å². The molecule has 0 radical (unpaired) electrons. The van der Waals surface area contributed by atoms with Crippen molar-refractivity contribution in [1.82, 2.24) is 9.97 Å². The second kappa shape index (κ2) is 7.64. The minimum absolute atomic E-state index is 0.214. The molecule has 2 atom stereocenters. The van der Waals surface area contributed by atoms with Gasteiger partial charge in [-0.05, 0) is 44.2 Å². The Morgan fingerprint density at radius 1 is 1.12 bits per heavy atom. The molecule has 2 N–H and O–H groups in total. The van der Waals surface area contributed by atoms with Crippen molar-refractivity contribution < 1.29 is 4.79 Å². The van der Waals surface area contributed by atoms with Crippen LogP contribution in [0.4, 0.5) is 11.5 Å². The Morgan fingerprint density at radius 3 is 2.68 bits per heavy atom. The van der Waals surface area contributed by atoms with E-state index in [9.17, 15) is 4.79 Å². The average molecular weight is 338 g/mol. The number of carbonyl (C=O) groups is 1. The van der Waals surface area contributed by atoms with Crippen LogP contribution in [0, 0.1) is 19.8 Å². The minimum atomic E-state index is -0.214. The molecule has 1 amide bonds. The molecule has 1 aliphatic rings. The maximum absolute atomic E-state index is 12.5. The van der Waals surface area contributed by atoms with Crippen molar-refractivity contribution in [2.75, 3.05) is 10.6 Å². The second-order valence-electron chi connectivity index (χ2n) is 7.07. The molecule has 1 fully saturated rings. The number of nitrogens with zero attached hydrogens (tertiary/aromatic N) is 2. The molecule has 25 heavy (non-hydrogen) atoms. The van der Waals surface area contributed by atoms with E-state index in [-0.39, 0.29) is 5.91 Å². The molecule has 132 valence electrons. The van der Waals surface area contributed by atoms with Crippen molar-refractivity contribution in [3.63, 3.8) is 0 Å². The van der Waals surface area contributed by atoms with Crippen LogP contribution in [-0.2, 0) is 0 Å². The maximum atomic E-state index is 12.5. The van der Waals surface area contributed by atoms with E-state index in [0.717, 1.165) is 23.5 Å². The van der Waals surface area contributed by atoms with Crippen LogP contribution < -0.4 is 10.6 Å². The van der Waals surface area contributed by atoms with Gasteiger partial charge >= 0.3 is 0 Å². The van der Waals surface area contributed by atoms with Gasteiger partial charge in [-0.1, -0.05) is 37.5 Å². The number of amides is 1. The third-order valence-electron chi connectivity index (χ3n) is 4.97. The normalized spacial score (nSPS) is 20.1. The summed E-state index contributed by atoms with van der Waals surface area (Å²) in [7, 11) is 0. The average Bonchev–Trinajstić information content (AvgIpc) is 2.60. The fourth-order valence-corrected chi connectivity index (χ4v) is 3.42. The quantitative estimate of drug-likeness (QED) is 0.870. The largest absolute Gasteiger partial charge is 0.367 e. The SMILES string of the molecule is Cc1ccc(NC(=O)c2cc(NC3CCCCC3C)ncn2)c(C)c1. The summed E-state index contributed by atoms with van der Waals surface area (Å²) in [6.45, 7) is 6.29. The van der Waals surface area contributed by atoms with Crippen LogP contribution >= 0.6 is 0 Å². The Morgan fingerprint density at radius 2 is 1.92 bits per heavy atom. The molecule has 0 saturated heterocycles. The van der Waals surface area contributed by atoms with Crippen LogP contribution in [0.3, 0.4) is 0 Å². The number of nitrogens with one attached hydrogen (secondary N) is 2. The van der Waals surface area contributed by atoms with E-state index in [1.807, 2.05) is 32.0 Å². The van der Waals surface area contributed by atoms with Crippen molar-refractivity contribution in [2.45, 2.75) is 52.5 Å². The second-order valence-corrected chi connectivity index (χ2v) is 7.07. The standard InChI is InChI=1S/C20H26N4O/c1-13-8-9-17(15(3)10-13)24-20(25)18-11-19(22-12-21-18)23-16-7-5-4-6-14(16)2/h8-12,14,16H,4-7H2,1-3H3,(H,24,25)(H,21,22,23). The van der Waals surface area contributed by atoms with E-state index < -0.39 is 0 Å². The Bertz CT molecular complexity index is 759. The zero-order valence-electron chi connectivity index (χ0n) is 15.2. The number of carbonyl (C=O) groups excluding carboxylic acids is 1. The number of rotatable bonds is 4. The fraction of sp³-hybridized carbons (Fsp3) is 0.450. The summed E-state index contributed by atoms with van der Waals surface area (Å²) in [5.74, 6) is 1.13. The maximum Gasteiger partial charge on any atom is 0.274 e. The predicted octanol–water partition coefficient (Wildman–Crippen LogP) is 4.34. The van der Waals surface area contributed by atoms with Crippen molar-refractivity contribution in [2.24, 2.45) is 5.92 Å². The highest BCUT2D eigenvalue weighted by atomic mass is 16.1. The first-order valence-corrected chi connectivity index (χ1v) is 9.00. The Balaban J connectivity index is 1.70. The molecule has 0 aliphatic heterocycles. The molecule has 3 rings (SSSR count). The van der Waals surface area contributed by atoms with Crippen LogP contribution in [0.5, 0.6) is 0 Å². The van der Waals surface area contributed by atoms with Crippen molar-refractivity contribution in [3.8, 4) is 0 Å². The monoisotopic (exact) mass is 338 g/mol. The van der Waals surface area contributed by atoms with Gasteiger partial charge in [0.2, 0.25) is 0 Å². The van der Waals surface area contributed by atoms with Crippen LogP contribution in [0.2, 0.25) is 0 Å². The summed E-state index contributed by atoms with van der Waals surface area (Å²) >= 11 is 0. The zero-order chi connectivity index (χ0) is 17.8. The first kappa shape index (κ1) is 17.4. The smallest absolute Gasteiger partial charge is 0.274 e. The lowest BCUT2D eigenvalue weighted by Gasteiger charge is -2.29. The van der Waals surface area contributed by atoms with E-state index >= 15 is 0 Å². The zero-order valence-corrected chi connectivity index (χ0v) is 15.2. The molecule has 5 heteroatoms. The lowest BCUT2D eigenvalue weighted by atomic mass is 9.86. The number of hydrogen-bond donors (Lipinski definition) is 2. The molecule has 0 bridgehead atoms. The minimum Gasteiger partial charge on any atom is -0.367 e. The highest BCUT2D eigenvalue weighted by molar-refractivity contribution is 6.03. The molecule has 1 aromatic carbocycles. The van der Waals surface area contributed by atoms with Gasteiger partial charge in [-0.2, -0.15) is 0 Å². The van der Waals surface area contributed by atoms with Crippen molar-refractivity contribution in [3.05, 3.63) is 47.4 Å². The Labute approximate surface area is 149 Å². The summed E-state index contributed by atoms with van der Waals surface area (Å²) in [5.41, 5.74) is 3.40. The lowest BCUT2D eigenvalue weighted by molar-refractivity contribution is 0.102. The van der Waals surface area contributed by atoms with E-state index in [1.54, 1.807) is 6.07 Å². The van der Waals surface area contributed by atoms with Gasteiger partial charge in [0.15, 0.2) is 0 Å². The third-order valence-corrected chi connectivity index (χ3v) is 4.97. The molecule has 1 saturated carbocycles. The number of hydrogen-bond acceptors (Lipinski definition) is 4. The van der Waals surface area contributed by atoms with E-state index in [4.69, 9.17) is 0 Å². The van der Waals surface area contributed by atoms with Gasteiger partial charge in [-0.3, -0.25) is 4.79 Å². The van der Waals surface area contributed by atoms with Crippen molar-refractivity contribution >= 4 is 17.4 Å². The summed E-state index contributed by atoms with van der Waals surface area (Å²) in [6, 6.07) is 8.11. The van der Waals surface area contributed by atoms with Crippen LogP contribution in [0.15, 0.2) is 30.6 Å². The summed E-state index contributed by atoms with van der Waals surface area (Å²) in [5, 5.41) is 6.41. The van der Waals surface area contributed by atoms with Gasteiger partial charge in [0, 0.05) is 17.8 Å². The fourth-order valence-electron chi connectivity index (χ4n) is 3.42. The van der Waals surface area contributed by atoms with Gasteiger partial charge in [-0.15, -0.1) is 0 Å². The molecule has 2 unspecified atom stereocenters. The molecular weight excluding hydrogens is 312 g/mol. The number of benzene rings is 1. The van der Waals surface area contributed by atoms with Crippen molar-refractivity contribution in [1.29, 1.82) is 0 Å². The Hall–Kier alpha value is -2.43.